The third kappa shape index (κ3) is 6.97. The molecule has 0 radical (unpaired) electrons. The van der Waals surface area contributed by atoms with Gasteiger partial charge in [0.25, 0.3) is 0 Å². The molecule has 2 aromatic carbocycles. The Morgan fingerprint density at radius 3 is 2.35 bits per heavy atom. The van der Waals surface area contributed by atoms with E-state index >= 15 is 0 Å². The molecular formula is C23H34N4O3S. The highest BCUT2D eigenvalue weighted by molar-refractivity contribution is 7.89. The van der Waals surface area contributed by atoms with Crippen LogP contribution >= 0.6 is 0 Å². The van der Waals surface area contributed by atoms with Crippen LogP contribution in [-0.4, -0.2) is 44.9 Å². The van der Waals surface area contributed by atoms with Crippen LogP contribution < -0.4 is 15.4 Å². The van der Waals surface area contributed by atoms with Crippen molar-refractivity contribution in [3.05, 3.63) is 59.7 Å². The van der Waals surface area contributed by atoms with Gasteiger partial charge in [-0.25, -0.2) is 13.4 Å². The Labute approximate surface area is 186 Å². The molecule has 2 N–H and O–H groups in total. The Morgan fingerprint density at radius 1 is 1.06 bits per heavy atom. The zero-order chi connectivity index (χ0) is 22.9. The number of nitrogens with zero attached hydrogens (tertiary/aromatic N) is 2. The molecular weight excluding hydrogens is 412 g/mol. The van der Waals surface area contributed by atoms with Gasteiger partial charge < -0.3 is 15.4 Å². The van der Waals surface area contributed by atoms with Crippen molar-refractivity contribution in [3.8, 4) is 5.75 Å². The summed E-state index contributed by atoms with van der Waals surface area (Å²) in [7, 11) is -1.89. The lowest BCUT2D eigenvalue weighted by Gasteiger charge is -2.21. The second-order valence-electron chi connectivity index (χ2n) is 7.35. The fraction of sp³-hybridized carbons (Fsp3) is 0.435. The van der Waals surface area contributed by atoms with E-state index in [1.165, 1.54) is 4.31 Å². The summed E-state index contributed by atoms with van der Waals surface area (Å²) in [6.07, 6.45) is 0. The van der Waals surface area contributed by atoms with Gasteiger partial charge in [-0.05, 0) is 51.5 Å². The Morgan fingerprint density at radius 2 is 1.74 bits per heavy atom. The lowest BCUT2D eigenvalue weighted by Crippen LogP contribution is -2.36. The molecule has 0 atom stereocenters. The summed E-state index contributed by atoms with van der Waals surface area (Å²) in [5.74, 6) is 1.54. The number of sulfonamides is 1. The van der Waals surface area contributed by atoms with Gasteiger partial charge in [0.05, 0.1) is 18.0 Å². The SMILES string of the molecule is CCNC(=NCc1ccc(S(=O)(=O)N(C)C(C)C)cc1)NCc1ccccc1OCC. The van der Waals surface area contributed by atoms with Crippen LogP contribution in [0.25, 0.3) is 0 Å². The Balaban J connectivity index is 2.07. The normalized spacial score (nSPS) is 12.3. The molecule has 0 aliphatic carbocycles. The van der Waals surface area contributed by atoms with Crippen LogP contribution in [0.2, 0.25) is 0 Å². The first kappa shape index (κ1) is 24.7. The largest absolute Gasteiger partial charge is 0.494 e. The summed E-state index contributed by atoms with van der Waals surface area (Å²) >= 11 is 0. The monoisotopic (exact) mass is 446 g/mol. The Hall–Kier alpha value is -2.58. The van der Waals surface area contributed by atoms with E-state index in [1.54, 1.807) is 31.3 Å². The van der Waals surface area contributed by atoms with E-state index in [1.807, 2.05) is 52.0 Å². The van der Waals surface area contributed by atoms with Crippen LogP contribution in [-0.2, 0) is 23.1 Å². The molecule has 0 saturated carbocycles. The van der Waals surface area contributed by atoms with Crippen molar-refractivity contribution in [2.75, 3.05) is 20.2 Å². The Bertz CT molecular complexity index is 957. The number of nitrogens with one attached hydrogen (secondary N) is 2. The molecule has 0 fully saturated rings. The van der Waals surface area contributed by atoms with E-state index < -0.39 is 10.0 Å². The third-order valence-electron chi connectivity index (χ3n) is 4.81. The van der Waals surface area contributed by atoms with Crippen molar-refractivity contribution >= 4 is 16.0 Å². The number of para-hydroxylation sites is 1. The average Bonchev–Trinajstić information content (AvgIpc) is 2.76. The van der Waals surface area contributed by atoms with Crippen molar-refractivity contribution in [1.29, 1.82) is 0 Å². The van der Waals surface area contributed by atoms with E-state index in [9.17, 15) is 8.42 Å². The topological polar surface area (TPSA) is 83.0 Å². The van der Waals surface area contributed by atoms with Gasteiger partial charge in [0.2, 0.25) is 10.0 Å². The molecule has 0 heterocycles. The summed E-state index contributed by atoms with van der Waals surface area (Å²) in [6.45, 7) is 10.0. The van der Waals surface area contributed by atoms with Gasteiger partial charge in [0.15, 0.2) is 5.96 Å². The molecule has 0 spiro atoms. The van der Waals surface area contributed by atoms with Crippen molar-refractivity contribution in [2.24, 2.45) is 4.99 Å². The molecule has 0 bridgehead atoms. The predicted octanol–water partition coefficient (Wildman–Crippen LogP) is 3.37. The van der Waals surface area contributed by atoms with E-state index in [-0.39, 0.29) is 10.9 Å². The lowest BCUT2D eigenvalue weighted by molar-refractivity contribution is 0.336. The summed E-state index contributed by atoms with van der Waals surface area (Å²) in [5.41, 5.74) is 1.98. The summed E-state index contributed by atoms with van der Waals surface area (Å²) in [6, 6.07) is 14.7. The van der Waals surface area contributed by atoms with E-state index in [4.69, 9.17) is 4.74 Å². The zero-order valence-corrected chi connectivity index (χ0v) is 19.9. The standard InChI is InChI=1S/C23H34N4O3S/c1-6-24-23(26-17-20-10-8-9-11-22(20)30-7-2)25-16-19-12-14-21(15-13-19)31(28,29)27(5)18(3)4/h8-15,18H,6-7,16-17H2,1-5H3,(H2,24,25,26). The molecule has 0 amide bonds. The maximum absolute atomic E-state index is 12.6. The summed E-state index contributed by atoms with van der Waals surface area (Å²) in [5, 5.41) is 6.56. The second-order valence-corrected chi connectivity index (χ2v) is 9.35. The van der Waals surface area contributed by atoms with Crippen molar-refractivity contribution < 1.29 is 13.2 Å². The second kappa shape index (κ2) is 11.7. The number of ether oxygens (including phenoxy) is 1. The molecule has 8 heteroatoms. The maximum Gasteiger partial charge on any atom is 0.243 e. The van der Waals surface area contributed by atoms with Gasteiger partial charge in [0, 0.05) is 31.7 Å². The van der Waals surface area contributed by atoms with Gasteiger partial charge >= 0.3 is 0 Å². The first-order chi connectivity index (χ1) is 14.8. The van der Waals surface area contributed by atoms with Crippen LogP contribution in [0.15, 0.2) is 58.4 Å². The highest BCUT2D eigenvalue weighted by Crippen LogP contribution is 2.18. The number of benzene rings is 2. The van der Waals surface area contributed by atoms with Gasteiger partial charge in [-0.2, -0.15) is 4.31 Å². The van der Waals surface area contributed by atoms with Crippen molar-refractivity contribution in [2.45, 2.75) is 51.7 Å². The molecule has 7 nitrogen and oxygen atoms in total. The van der Waals surface area contributed by atoms with Crippen LogP contribution in [0.4, 0.5) is 0 Å². The fourth-order valence-electron chi connectivity index (χ4n) is 2.85. The zero-order valence-electron chi connectivity index (χ0n) is 19.1. The lowest BCUT2D eigenvalue weighted by atomic mass is 10.2. The molecule has 0 saturated heterocycles. The first-order valence-electron chi connectivity index (χ1n) is 10.6. The molecule has 2 rings (SSSR count). The number of guanidine groups is 1. The van der Waals surface area contributed by atoms with E-state index in [2.05, 4.69) is 15.6 Å². The number of aliphatic imine (C=N–C) groups is 1. The highest BCUT2D eigenvalue weighted by Gasteiger charge is 2.22. The van der Waals surface area contributed by atoms with Crippen LogP contribution in [0, 0.1) is 0 Å². The van der Waals surface area contributed by atoms with Crippen molar-refractivity contribution in [1.82, 2.24) is 14.9 Å². The highest BCUT2D eigenvalue weighted by atomic mass is 32.2. The molecule has 0 aromatic heterocycles. The van der Waals surface area contributed by atoms with E-state index in [0.29, 0.717) is 25.7 Å². The molecule has 31 heavy (non-hydrogen) atoms. The molecule has 0 aliphatic heterocycles. The minimum atomic E-state index is -3.48. The number of rotatable bonds is 10. The summed E-state index contributed by atoms with van der Waals surface area (Å²) in [4.78, 5) is 4.91. The average molecular weight is 447 g/mol. The van der Waals surface area contributed by atoms with Crippen LogP contribution in [0.5, 0.6) is 5.75 Å². The molecule has 170 valence electrons. The van der Waals surface area contributed by atoms with Crippen LogP contribution in [0.3, 0.4) is 0 Å². The van der Waals surface area contributed by atoms with Gasteiger partial charge in [-0.3, -0.25) is 0 Å². The predicted molar refractivity (Wildman–Crippen MR) is 126 cm³/mol. The summed E-state index contributed by atoms with van der Waals surface area (Å²) < 4.78 is 32.2. The maximum atomic E-state index is 12.6. The third-order valence-corrected chi connectivity index (χ3v) is 6.86. The van der Waals surface area contributed by atoms with Gasteiger partial charge in [-0.15, -0.1) is 0 Å². The molecule has 0 aliphatic rings. The Kier molecular flexibility index (Phi) is 9.33. The van der Waals surface area contributed by atoms with Gasteiger partial charge in [-0.1, -0.05) is 30.3 Å². The van der Waals surface area contributed by atoms with Crippen LogP contribution in [0.1, 0.15) is 38.8 Å². The van der Waals surface area contributed by atoms with E-state index in [0.717, 1.165) is 23.4 Å². The fourth-order valence-corrected chi connectivity index (χ4v) is 4.22. The van der Waals surface area contributed by atoms with Gasteiger partial charge in [0.1, 0.15) is 5.75 Å². The first-order valence-corrected chi connectivity index (χ1v) is 12.0. The minimum Gasteiger partial charge on any atom is -0.494 e. The quantitative estimate of drug-likeness (QED) is 0.432. The van der Waals surface area contributed by atoms with Crippen molar-refractivity contribution in [3.63, 3.8) is 0 Å². The number of hydrogen-bond donors (Lipinski definition) is 2. The minimum absolute atomic E-state index is 0.101. The number of hydrogen-bond acceptors (Lipinski definition) is 4. The molecule has 0 unspecified atom stereocenters. The molecule has 2 aromatic rings. The smallest absolute Gasteiger partial charge is 0.243 e.